The highest BCUT2D eigenvalue weighted by atomic mass is 16.2. The molecule has 4 nitrogen and oxygen atoms in total. The Hall–Kier alpha value is -2.23. The molecule has 2 aromatic heterocycles. The van der Waals surface area contributed by atoms with Crippen molar-refractivity contribution in [3.63, 3.8) is 0 Å². The van der Waals surface area contributed by atoms with Gasteiger partial charge in [-0.3, -0.25) is 4.79 Å². The number of rotatable bonds is 2. The molecule has 0 fully saturated rings. The second-order valence-corrected chi connectivity index (χ2v) is 3.69. The van der Waals surface area contributed by atoms with E-state index in [1.807, 2.05) is 31.2 Å². The minimum absolute atomic E-state index is 0.106. The fourth-order valence-corrected chi connectivity index (χ4v) is 1.62. The molecule has 0 N–H and O–H groups in total. The quantitative estimate of drug-likeness (QED) is 0.791. The lowest BCUT2D eigenvalue weighted by atomic mass is 10.2. The van der Waals surface area contributed by atoms with E-state index in [-0.39, 0.29) is 5.91 Å². The Balaban J connectivity index is 2.51. The number of aromatic nitrogens is 2. The smallest absolute Gasteiger partial charge is 0.230 e. The normalized spacial score (nSPS) is 10.0. The maximum atomic E-state index is 11.7. The predicted molar refractivity (Wildman–Crippen MR) is 66.0 cm³/mol. The van der Waals surface area contributed by atoms with Crippen LogP contribution in [0.2, 0.25) is 0 Å². The molecule has 0 aliphatic carbocycles. The molecule has 0 spiro atoms. The molecule has 17 heavy (non-hydrogen) atoms. The highest BCUT2D eigenvalue weighted by Gasteiger charge is 2.17. The van der Waals surface area contributed by atoms with Crippen molar-refractivity contribution in [3.8, 4) is 0 Å². The number of carbonyl (C=O) groups is 1. The van der Waals surface area contributed by atoms with E-state index >= 15 is 0 Å². The summed E-state index contributed by atoms with van der Waals surface area (Å²) in [4.78, 5) is 21.7. The number of pyridine rings is 2. The molecule has 1 amide bonds. The van der Waals surface area contributed by atoms with Gasteiger partial charge < -0.3 is 0 Å². The number of anilines is 2. The lowest BCUT2D eigenvalue weighted by Crippen LogP contribution is -2.25. The molecule has 0 radical (unpaired) electrons. The van der Waals surface area contributed by atoms with Crippen molar-refractivity contribution >= 4 is 17.5 Å². The Labute approximate surface area is 99.9 Å². The molecule has 0 unspecified atom stereocenters. The standard InChI is InChI=1S/C13H13N3O/c1-10-6-5-9-15-13(10)16(11(2)17)12-7-3-4-8-14-12/h3-9H,1-2H3. The van der Waals surface area contributed by atoms with Crippen LogP contribution in [-0.4, -0.2) is 15.9 Å². The molecule has 4 heteroatoms. The highest BCUT2D eigenvalue weighted by molar-refractivity contribution is 5.97. The average Bonchev–Trinajstić information content (AvgIpc) is 2.33. The van der Waals surface area contributed by atoms with Crippen molar-refractivity contribution < 1.29 is 4.79 Å². The molecule has 0 saturated heterocycles. The summed E-state index contributed by atoms with van der Waals surface area (Å²) in [7, 11) is 0. The van der Waals surface area contributed by atoms with Gasteiger partial charge in [0.1, 0.15) is 11.6 Å². The van der Waals surface area contributed by atoms with Gasteiger partial charge in [-0.05, 0) is 30.7 Å². The van der Waals surface area contributed by atoms with Crippen molar-refractivity contribution in [3.05, 3.63) is 48.3 Å². The van der Waals surface area contributed by atoms with Crippen LogP contribution in [0.4, 0.5) is 11.6 Å². The summed E-state index contributed by atoms with van der Waals surface area (Å²) in [6.45, 7) is 3.42. The molecule has 86 valence electrons. The predicted octanol–water partition coefficient (Wildman–Crippen LogP) is 2.47. The summed E-state index contributed by atoms with van der Waals surface area (Å²) in [5.74, 6) is 1.10. The molecule has 0 aromatic carbocycles. The number of nitrogens with zero attached hydrogens (tertiary/aromatic N) is 3. The van der Waals surface area contributed by atoms with Crippen molar-refractivity contribution in [2.24, 2.45) is 0 Å². The third-order valence-corrected chi connectivity index (χ3v) is 2.39. The highest BCUT2D eigenvalue weighted by Crippen LogP contribution is 2.23. The van der Waals surface area contributed by atoms with Gasteiger partial charge in [-0.1, -0.05) is 12.1 Å². The van der Waals surface area contributed by atoms with Crippen molar-refractivity contribution in [1.29, 1.82) is 0 Å². The monoisotopic (exact) mass is 227 g/mol. The van der Waals surface area contributed by atoms with Gasteiger partial charge in [0, 0.05) is 19.3 Å². The molecular weight excluding hydrogens is 214 g/mol. The van der Waals surface area contributed by atoms with Crippen LogP contribution in [0.25, 0.3) is 0 Å². The van der Waals surface area contributed by atoms with Gasteiger partial charge in [0.2, 0.25) is 5.91 Å². The first-order valence-electron chi connectivity index (χ1n) is 5.33. The minimum atomic E-state index is -0.106. The van der Waals surface area contributed by atoms with Gasteiger partial charge in [-0.15, -0.1) is 0 Å². The van der Waals surface area contributed by atoms with Gasteiger partial charge in [-0.25, -0.2) is 14.9 Å². The van der Waals surface area contributed by atoms with Gasteiger partial charge in [0.15, 0.2) is 0 Å². The van der Waals surface area contributed by atoms with Crippen LogP contribution in [0.3, 0.4) is 0 Å². The fourth-order valence-electron chi connectivity index (χ4n) is 1.62. The SMILES string of the molecule is CC(=O)N(c1ccccn1)c1ncccc1C. The van der Waals surface area contributed by atoms with Gasteiger partial charge in [-0.2, -0.15) is 0 Å². The van der Waals surface area contributed by atoms with Crippen LogP contribution < -0.4 is 4.90 Å². The summed E-state index contributed by atoms with van der Waals surface area (Å²) in [5.41, 5.74) is 0.938. The lowest BCUT2D eigenvalue weighted by Gasteiger charge is -2.20. The summed E-state index contributed by atoms with van der Waals surface area (Å²) in [6, 6.07) is 9.20. The van der Waals surface area contributed by atoms with E-state index < -0.39 is 0 Å². The molecule has 0 aliphatic heterocycles. The zero-order valence-electron chi connectivity index (χ0n) is 9.79. The first kappa shape index (κ1) is 11.3. The largest absolute Gasteiger partial charge is 0.274 e. The zero-order chi connectivity index (χ0) is 12.3. The molecule has 2 heterocycles. The number of hydrogen-bond donors (Lipinski definition) is 0. The Bertz CT molecular complexity index is 525. The molecule has 2 aromatic rings. The minimum Gasteiger partial charge on any atom is -0.274 e. The average molecular weight is 227 g/mol. The lowest BCUT2D eigenvalue weighted by molar-refractivity contribution is -0.115. The van der Waals surface area contributed by atoms with E-state index in [1.165, 1.54) is 11.8 Å². The summed E-state index contributed by atoms with van der Waals surface area (Å²) in [5, 5.41) is 0. The number of hydrogen-bond acceptors (Lipinski definition) is 3. The Kier molecular flexibility index (Phi) is 3.14. The summed E-state index contributed by atoms with van der Waals surface area (Å²) in [6.07, 6.45) is 3.32. The summed E-state index contributed by atoms with van der Waals surface area (Å²) < 4.78 is 0. The fraction of sp³-hybridized carbons (Fsp3) is 0.154. The van der Waals surface area contributed by atoms with Crippen LogP contribution in [0.5, 0.6) is 0 Å². The van der Waals surface area contributed by atoms with Crippen LogP contribution in [-0.2, 0) is 4.79 Å². The molecule has 0 saturated carbocycles. The van der Waals surface area contributed by atoms with Crippen LogP contribution in [0.15, 0.2) is 42.7 Å². The molecule has 2 rings (SSSR count). The molecule has 0 bridgehead atoms. The van der Waals surface area contributed by atoms with Crippen LogP contribution >= 0.6 is 0 Å². The van der Waals surface area contributed by atoms with Crippen LogP contribution in [0.1, 0.15) is 12.5 Å². The van der Waals surface area contributed by atoms with E-state index in [9.17, 15) is 4.79 Å². The van der Waals surface area contributed by atoms with Crippen molar-refractivity contribution in [1.82, 2.24) is 9.97 Å². The third kappa shape index (κ3) is 2.30. The Morgan fingerprint density at radius 1 is 1.12 bits per heavy atom. The van der Waals surface area contributed by atoms with E-state index in [1.54, 1.807) is 18.5 Å². The third-order valence-electron chi connectivity index (χ3n) is 2.39. The number of carbonyl (C=O) groups excluding carboxylic acids is 1. The van der Waals surface area contributed by atoms with E-state index in [2.05, 4.69) is 9.97 Å². The zero-order valence-corrected chi connectivity index (χ0v) is 9.79. The second-order valence-electron chi connectivity index (χ2n) is 3.69. The van der Waals surface area contributed by atoms with Gasteiger partial charge in [0.05, 0.1) is 0 Å². The van der Waals surface area contributed by atoms with E-state index in [0.29, 0.717) is 11.6 Å². The maximum absolute atomic E-state index is 11.7. The molecule has 0 aliphatic rings. The first-order chi connectivity index (χ1) is 8.20. The Morgan fingerprint density at radius 2 is 1.88 bits per heavy atom. The molecular formula is C13H13N3O. The van der Waals surface area contributed by atoms with Gasteiger partial charge >= 0.3 is 0 Å². The maximum Gasteiger partial charge on any atom is 0.230 e. The number of amides is 1. The van der Waals surface area contributed by atoms with E-state index in [4.69, 9.17) is 0 Å². The van der Waals surface area contributed by atoms with Crippen molar-refractivity contribution in [2.75, 3.05) is 4.90 Å². The Morgan fingerprint density at radius 3 is 2.47 bits per heavy atom. The first-order valence-corrected chi connectivity index (χ1v) is 5.33. The summed E-state index contributed by atoms with van der Waals surface area (Å²) >= 11 is 0. The number of aryl methyl sites for hydroxylation is 1. The van der Waals surface area contributed by atoms with Crippen molar-refractivity contribution in [2.45, 2.75) is 13.8 Å². The van der Waals surface area contributed by atoms with E-state index in [0.717, 1.165) is 5.56 Å². The van der Waals surface area contributed by atoms with Crippen LogP contribution in [0, 0.1) is 6.92 Å². The topological polar surface area (TPSA) is 46.1 Å². The second kappa shape index (κ2) is 4.74. The molecule has 0 atom stereocenters. The van der Waals surface area contributed by atoms with Gasteiger partial charge in [0.25, 0.3) is 0 Å².